The van der Waals surface area contributed by atoms with Gasteiger partial charge in [0.1, 0.15) is 5.65 Å². The maximum absolute atomic E-state index is 5.03. The summed E-state index contributed by atoms with van der Waals surface area (Å²) in [7, 11) is 4.16. The number of aromatic nitrogens is 2. The summed E-state index contributed by atoms with van der Waals surface area (Å²) in [5, 5.41) is 3.25. The summed E-state index contributed by atoms with van der Waals surface area (Å²) < 4.78 is 2.26. The van der Waals surface area contributed by atoms with Gasteiger partial charge in [0, 0.05) is 51.5 Å². The summed E-state index contributed by atoms with van der Waals surface area (Å²) in [5.41, 5.74) is 8.31. The van der Waals surface area contributed by atoms with Crippen LogP contribution in [0.4, 0.5) is 5.69 Å². The molecule has 1 aliphatic rings. The van der Waals surface area contributed by atoms with Crippen molar-refractivity contribution in [3.63, 3.8) is 0 Å². The van der Waals surface area contributed by atoms with Crippen molar-refractivity contribution in [1.29, 1.82) is 0 Å². The molecule has 2 aromatic heterocycles. The lowest BCUT2D eigenvalue weighted by atomic mass is 10.0. The molecule has 1 N–H and O–H groups in total. The monoisotopic (exact) mass is 363 g/mol. The number of rotatable bonds is 4. The van der Waals surface area contributed by atoms with Crippen LogP contribution in [0.25, 0.3) is 16.9 Å². The third kappa shape index (κ3) is 3.57. The highest BCUT2D eigenvalue weighted by molar-refractivity contribution is 5.70. The smallest absolute Gasteiger partial charge is 0.137 e. The average molecular weight is 364 g/mol. The number of aryl methyl sites for hydroxylation is 2. The topological polar surface area (TPSA) is 35.8 Å². The number of piperazine rings is 1. The summed E-state index contributed by atoms with van der Waals surface area (Å²) in [6.07, 6.45) is 2.17. The Hall–Kier alpha value is -2.37. The van der Waals surface area contributed by atoms with Gasteiger partial charge in [-0.15, -0.1) is 0 Å². The van der Waals surface area contributed by atoms with E-state index in [2.05, 4.69) is 76.9 Å². The Balaban J connectivity index is 1.81. The number of benzene rings is 1. The van der Waals surface area contributed by atoms with Gasteiger partial charge in [0.2, 0.25) is 0 Å². The van der Waals surface area contributed by atoms with Gasteiger partial charge in [-0.2, -0.15) is 0 Å². The summed E-state index contributed by atoms with van der Waals surface area (Å²) in [6.45, 7) is 9.69. The predicted octanol–water partition coefficient (Wildman–Crippen LogP) is 3.41. The van der Waals surface area contributed by atoms with Crippen LogP contribution in [0.2, 0.25) is 0 Å². The summed E-state index contributed by atoms with van der Waals surface area (Å²) in [6, 6.07) is 10.8. The van der Waals surface area contributed by atoms with Gasteiger partial charge in [0.25, 0.3) is 0 Å². The molecule has 0 amide bonds. The average Bonchev–Trinajstić information content (AvgIpc) is 3.01. The number of fused-ring (bicyclic) bond motifs is 1. The Morgan fingerprint density at radius 1 is 1.04 bits per heavy atom. The van der Waals surface area contributed by atoms with Crippen LogP contribution in [-0.4, -0.2) is 59.5 Å². The minimum atomic E-state index is 0.921. The molecule has 27 heavy (non-hydrogen) atoms. The molecular weight excluding hydrogens is 334 g/mol. The molecule has 5 heteroatoms. The standard InChI is InChI=1S/C22H29N5/c1-16-5-7-19(17(2)13-16)22-20(15-26-11-9-25(4)10-12-26)27-14-18(23-3)6-8-21(27)24-22/h5-8,13-14,23H,9-12,15H2,1-4H3. The zero-order valence-electron chi connectivity index (χ0n) is 16.8. The molecule has 4 rings (SSSR count). The van der Waals surface area contributed by atoms with Crippen LogP contribution in [0.15, 0.2) is 36.5 Å². The first-order valence-corrected chi connectivity index (χ1v) is 9.72. The number of anilines is 1. The molecule has 0 aliphatic carbocycles. The highest BCUT2D eigenvalue weighted by atomic mass is 15.3. The quantitative estimate of drug-likeness (QED) is 0.771. The number of nitrogens with zero attached hydrogens (tertiary/aromatic N) is 4. The van der Waals surface area contributed by atoms with Crippen molar-refractivity contribution in [2.75, 3.05) is 45.6 Å². The minimum absolute atomic E-state index is 0.921. The Morgan fingerprint density at radius 3 is 2.52 bits per heavy atom. The Kier molecular flexibility index (Phi) is 4.89. The molecule has 1 fully saturated rings. The van der Waals surface area contributed by atoms with Crippen LogP contribution in [0, 0.1) is 13.8 Å². The molecule has 0 unspecified atom stereocenters. The number of hydrogen-bond acceptors (Lipinski definition) is 4. The number of imidazole rings is 1. The second-order valence-electron chi connectivity index (χ2n) is 7.70. The third-order valence-electron chi connectivity index (χ3n) is 5.61. The number of likely N-dealkylation sites (N-methyl/N-ethyl adjacent to an activating group) is 1. The highest BCUT2D eigenvalue weighted by Gasteiger charge is 2.21. The molecule has 1 saturated heterocycles. The van der Waals surface area contributed by atoms with E-state index in [-0.39, 0.29) is 0 Å². The number of pyridine rings is 1. The largest absolute Gasteiger partial charge is 0.387 e. The number of nitrogens with one attached hydrogen (secondary N) is 1. The zero-order valence-corrected chi connectivity index (χ0v) is 16.8. The fraction of sp³-hybridized carbons (Fsp3) is 0.409. The van der Waals surface area contributed by atoms with Gasteiger partial charge in [0.05, 0.1) is 17.1 Å². The van der Waals surface area contributed by atoms with Crippen molar-refractivity contribution >= 4 is 11.3 Å². The van der Waals surface area contributed by atoms with E-state index in [4.69, 9.17) is 4.98 Å². The van der Waals surface area contributed by atoms with E-state index >= 15 is 0 Å². The van der Waals surface area contributed by atoms with Crippen LogP contribution in [-0.2, 0) is 6.54 Å². The maximum Gasteiger partial charge on any atom is 0.137 e. The Bertz CT molecular complexity index is 951. The first-order chi connectivity index (χ1) is 13.0. The van der Waals surface area contributed by atoms with Crippen LogP contribution in [0.5, 0.6) is 0 Å². The van der Waals surface area contributed by atoms with E-state index in [1.807, 2.05) is 7.05 Å². The molecule has 0 saturated carbocycles. The SMILES string of the molecule is CNc1ccc2nc(-c3ccc(C)cc3C)c(CN3CCN(C)CC3)n2c1. The van der Waals surface area contributed by atoms with Crippen molar-refractivity contribution < 1.29 is 0 Å². The van der Waals surface area contributed by atoms with E-state index in [1.54, 1.807) is 0 Å². The maximum atomic E-state index is 5.03. The molecule has 0 atom stereocenters. The van der Waals surface area contributed by atoms with Gasteiger partial charge in [-0.1, -0.05) is 23.8 Å². The second kappa shape index (κ2) is 7.33. The van der Waals surface area contributed by atoms with Gasteiger partial charge in [-0.05, 0) is 38.6 Å². The second-order valence-corrected chi connectivity index (χ2v) is 7.70. The summed E-state index contributed by atoms with van der Waals surface area (Å²) in [5.74, 6) is 0. The molecule has 5 nitrogen and oxygen atoms in total. The highest BCUT2D eigenvalue weighted by Crippen LogP contribution is 2.30. The fourth-order valence-corrected chi connectivity index (χ4v) is 3.91. The van der Waals surface area contributed by atoms with Gasteiger partial charge in [-0.3, -0.25) is 4.90 Å². The van der Waals surface area contributed by atoms with E-state index in [0.717, 1.165) is 49.8 Å². The van der Waals surface area contributed by atoms with Crippen molar-refractivity contribution in [2.24, 2.45) is 0 Å². The van der Waals surface area contributed by atoms with Crippen molar-refractivity contribution in [1.82, 2.24) is 19.2 Å². The van der Waals surface area contributed by atoms with E-state index in [0.29, 0.717) is 0 Å². The third-order valence-corrected chi connectivity index (χ3v) is 5.61. The Morgan fingerprint density at radius 2 is 1.81 bits per heavy atom. The normalized spacial score (nSPS) is 16.1. The predicted molar refractivity (Wildman–Crippen MR) is 112 cm³/mol. The van der Waals surface area contributed by atoms with Crippen LogP contribution < -0.4 is 5.32 Å². The van der Waals surface area contributed by atoms with Crippen molar-refractivity contribution in [3.8, 4) is 11.3 Å². The van der Waals surface area contributed by atoms with Gasteiger partial charge >= 0.3 is 0 Å². The van der Waals surface area contributed by atoms with Crippen molar-refractivity contribution in [2.45, 2.75) is 20.4 Å². The molecule has 1 aromatic carbocycles. The lowest BCUT2D eigenvalue weighted by Gasteiger charge is -2.32. The van der Waals surface area contributed by atoms with Crippen LogP contribution in [0.3, 0.4) is 0 Å². The molecule has 0 radical (unpaired) electrons. The molecule has 142 valence electrons. The molecule has 1 aliphatic heterocycles. The fourth-order valence-electron chi connectivity index (χ4n) is 3.91. The van der Waals surface area contributed by atoms with Crippen molar-refractivity contribution in [3.05, 3.63) is 53.3 Å². The van der Waals surface area contributed by atoms with E-state index in [1.165, 1.54) is 22.4 Å². The van der Waals surface area contributed by atoms with Gasteiger partial charge in [-0.25, -0.2) is 4.98 Å². The Labute approximate surface area is 161 Å². The molecule has 3 heterocycles. The molecule has 0 bridgehead atoms. The summed E-state index contributed by atoms with van der Waals surface area (Å²) >= 11 is 0. The lowest BCUT2D eigenvalue weighted by molar-refractivity contribution is 0.147. The zero-order chi connectivity index (χ0) is 19.0. The molecule has 3 aromatic rings. The number of hydrogen-bond donors (Lipinski definition) is 1. The first kappa shape index (κ1) is 18.0. The first-order valence-electron chi connectivity index (χ1n) is 9.72. The minimum Gasteiger partial charge on any atom is -0.387 e. The molecule has 0 spiro atoms. The lowest BCUT2D eigenvalue weighted by Crippen LogP contribution is -2.44. The molecular formula is C22H29N5. The van der Waals surface area contributed by atoms with E-state index in [9.17, 15) is 0 Å². The summed E-state index contributed by atoms with van der Waals surface area (Å²) in [4.78, 5) is 9.97. The van der Waals surface area contributed by atoms with Gasteiger partial charge in [0.15, 0.2) is 0 Å². The van der Waals surface area contributed by atoms with Crippen LogP contribution >= 0.6 is 0 Å². The van der Waals surface area contributed by atoms with E-state index < -0.39 is 0 Å². The van der Waals surface area contributed by atoms with Gasteiger partial charge < -0.3 is 14.6 Å². The van der Waals surface area contributed by atoms with Crippen LogP contribution in [0.1, 0.15) is 16.8 Å².